The molecule has 16 heavy (non-hydrogen) atoms. The molecule has 1 saturated carbocycles. The Kier molecular flexibility index (Phi) is 2.22. The van der Waals surface area contributed by atoms with E-state index in [-0.39, 0.29) is 29.7 Å². The fourth-order valence-corrected chi connectivity index (χ4v) is 1.81. The largest absolute Gasteiger partial charge is 0.507 e. The van der Waals surface area contributed by atoms with Crippen LogP contribution in [0.25, 0.3) is 0 Å². The number of phenols is 1. The highest BCUT2D eigenvalue weighted by Gasteiger charge is 2.64. The van der Waals surface area contributed by atoms with Crippen molar-refractivity contribution >= 4 is 6.29 Å². The van der Waals surface area contributed by atoms with Crippen molar-refractivity contribution < 1.29 is 23.1 Å². The van der Waals surface area contributed by atoms with Crippen molar-refractivity contribution in [2.45, 2.75) is 24.4 Å². The van der Waals surface area contributed by atoms with Crippen LogP contribution in [0, 0.1) is 0 Å². The SMILES string of the molecule is O=Cc1cc(C2(C(F)(F)F)CC2)ccc1O. The van der Waals surface area contributed by atoms with E-state index in [4.69, 9.17) is 0 Å². The first kappa shape index (κ1) is 11.0. The molecule has 0 bridgehead atoms. The summed E-state index contributed by atoms with van der Waals surface area (Å²) < 4.78 is 38.3. The maximum Gasteiger partial charge on any atom is 0.398 e. The molecule has 0 spiro atoms. The molecule has 0 atom stereocenters. The van der Waals surface area contributed by atoms with Crippen LogP contribution in [-0.2, 0) is 5.41 Å². The van der Waals surface area contributed by atoms with Gasteiger partial charge >= 0.3 is 6.18 Å². The summed E-state index contributed by atoms with van der Waals surface area (Å²) in [5.74, 6) is -0.295. The number of aromatic hydroxyl groups is 1. The lowest BCUT2D eigenvalue weighted by Crippen LogP contribution is -2.28. The number of aldehydes is 1. The van der Waals surface area contributed by atoms with Crippen molar-refractivity contribution in [3.63, 3.8) is 0 Å². The Bertz CT molecular complexity index is 433. The average Bonchev–Trinajstić information content (AvgIpc) is 2.98. The van der Waals surface area contributed by atoms with Crippen LogP contribution in [0.3, 0.4) is 0 Å². The fraction of sp³-hybridized carbons (Fsp3) is 0.364. The standard InChI is InChI=1S/C11H9F3O2/c12-11(13,14)10(3-4-10)8-1-2-9(16)7(5-8)6-15/h1-2,5-6,16H,3-4H2. The molecule has 0 unspecified atom stereocenters. The molecule has 86 valence electrons. The molecular formula is C11H9F3O2. The fourth-order valence-electron chi connectivity index (χ4n) is 1.81. The van der Waals surface area contributed by atoms with E-state index < -0.39 is 11.6 Å². The lowest BCUT2D eigenvalue weighted by atomic mass is 9.93. The van der Waals surface area contributed by atoms with Crippen LogP contribution in [0.5, 0.6) is 5.75 Å². The Morgan fingerprint density at radius 3 is 2.38 bits per heavy atom. The molecule has 2 rings (SSSR count). The Labute approximate surface area is 89.7 Å². The topological polar surface area (TPSA) is 37.3 Å². The number of hydrogen-bond donors (Lipinski definition) is 1. The molecule has 0 aromatic heterocycles. The maximum absolute atomic E-state index is 12.8. The second-order valence-corrected chi connectivity index (χ2v) is 3.97. The van der Waals surface area contributed by atoms with E-state index in [2.05, 4.69) is 0 Å². The van der Waals surface area contributed by atoms with Gasteiger partial charge in [-0.3, -0.25) is 4.79 Å². The summed E-state index contributed by atoms with van der Waals surface area (Å²) in [6.07, 6.45) is -3.87. The number of halogens is 3. The van der Waals surface area contributed by atoms with Crippen molar-refractivity contribution in [2.75, 3.05) is 0 Å². The summed E-state index contributed by atoms with van der Waals surface area (Å²) in [7, 11) is 0. The molecule has 1 aliphatic carbocycles. The first-order valence-corrected chi connectivity index (χ1v) is 4.76. The highest BCUT2D eigenvalue weighted by Crippen LogP contribution is 2.59. The number of carbonyl (C=O) groups is 1. The number of hydrogen-bond acceptors (Lipinski definition) is 2. The molecule has 1 fully saturated rings. The summed E-state index contributed by atoms with van der Waals surface area (Å²) in [6.45, 7) is 0. The van der Waals surface area contributed by atoms with E-state index in [9.17, 15) is 23.1 Å². The summed E-state index contributed by atoms with van der Waals surface area (Å²) >= 11 is 0. The van der Waals surface area contributed by atoms with Gasteiger partial charge in [0.1, 0.15) is 5.75 Å². The van der Waals surface area contributed by atoms with Gasteiger partial charge in [-0.05, 0) is 30.5 Å². The number of carbonyl (C=O) groups excluding carboxylic acids is 1. The Hall–Kier alpha value is -1.52. The van der Waals surface area contributed by atoms with Crippen LogP contribution in [-0.4, -0.2) is 17.6 Å². The van der Waals surface area contributed by atoms with Gasteiger partial charge < -0.3 is 5.11 Å². The molecule has 1 aromatic rings. The van der Waals surface area contributed by atoms with Crippen LogP contribution < -0.4 is 0 Å². The van der Waals surface area contributed by atoms with E-state index in [1.807, 2.05) is 0 Å². The van der Waals surface area contributed by atoms with E-state index in [1.165, 1.54) is 6.07 Å². The third-order valence-electron chi connectivity index (χ3n) is 3.00. The van der Waals surface area contributed by atoms with Gasteiger partial charge in [-0.2, -0.15) is 13.2 Å². The Balaban J connectivity index is 2.46. The van der Waals surface area contributed by atoms with Crippen LogP contribution in [0.2, 0.25) is 0 Å². The van der Waals surface area contributed by atoms with Crippen LogP contribution in [0.1, 0.15) is 28.8 Å². The smallest absolute Gasteiger partial charge is 0.398 e. The van der Waals surface area contributed by atoms with Crippen molar-refractivity contribution in [1.29, 1.82) is 0 Å². The predicted octanol–water partition coefficient (Wildman–Crippen LogP) is 2.80. The van der Waals surface area contributed by atoms with Gasteiger partial charge in [0.05, 0.1) is 11.0 Å². The molecule has 1 aromatic carbocycles. The second kappa shape index (κ2) is 3.23. The van der Waals surface area contributed by atoms with Gasteiger partial charge in [0.2, 0.25) is 0 Å². The van der Waals surface area contributed by atoms with Crippen LogP contribution in [0.15, 0.2) is 18.2 Å². The van der Waals surface area contributed by atoms with Gasteiger partial charge in [-0.25, -0.2) is 0 Å². The number of alkyl halides is 3. The number of benzene rings is 1. The second-order valence-electron chi connectivity index (χ2n) is 3.97. The molecule has 0 heterocycles. The number of phenolic OH excluding ortho intramolecular Hbond substituents is 1. The molecule has 1 N–H and O–H groups in total. The minimum atomic E-state index is -4.30. The lowest BCUT2D eigenvalue weighted by molar-refractivity contribution is -0.160. The van der Waals surface area contributed by atoms with Crippen molar-refractivity contribution in [3.8, 4) is 5.75 Å². The zero-order valence-corrected chi connectivity index (χ0v) is 8.21. The highest BCUT2D eigenvalue weighted by atomic mass is 19.4. The van der Waals surface area contributed by atoms with E-state index in [1.54, 1.807) is 0 Å². The molecule has 0 saturated heterocycles. The molecule has 5 heteroatoms. The molecule has 1 aliphatic rings. The Morgan fingerprint density at radius 2 is 1.94 bits per heavy atom. The molecule has 0 aliphatic heterocycles. The first-order chi connectivity index (χ1) is 7.40. The van der Waals surface area contributed by atoms with Crippen molar-refractivity contribution in [3.05, 3.63) is 29.3 Å². The molecular weight excluding hydrogens is 221 g/mol. The quantitative estimate of drug-likeness (QED) is 0.793. The number of rotatable bonds is 2. The van der Waals surface area contributed by atoms with Gasteiger partial charge in [-0.1, -0.05) is 6.07 Å². The average molecular weight is 230 g/mol. The van der Waals surface area contributed by atoms with E-state index >= 15 is 0 Å². The third-order valence-corrected chi connectivity index (χ3v) is 3.00. The Morgan fingerprint density at radius 1 is 1.31 bits per heavy atom. The van der Waals surface area contributed by atoms with Crippen LogP contribution in [0.4, 0.5) is 13.2 Å². The van der Waals surface area contributed by atoms with Gasteiger partial charge in [0.15, 0.2) is 6.29 Å². The minimum Gasteiger partial charge on any atom is -0.507 e. The third kappa shape index (κ3) is 1.47. The van der Waals surface area contributed by atoms with E-state index in [0.717, 1.165) is 12.1 Å². The summed E-state index contributed by atoms with van der Waals surface area (Å²) in [5.41, 5.74) is -1.86. The van der Waals surface area contributed by atoms with Crippen LogP contribution >= 0.6 is 0 Å². The first-order valence-electron chi connectivity index (χ1n) is 4.76. The monoisotopic (exact) mass is 230 g/mol. The maximum atomic E-state index is 12.8. The zero-order valence-electron chi connectivity index (χ0n) is 8.21. The highest BCUT2D eigenvalue weighted by molar-refractivity contribution is 5.79. The summed E-state index contributed by atoms with van der Waals surface area (Å²) in [5, 5.41) is 9.21. The van der Waals surface area contributed by atoms with E-state index in [0.29, 0.717) is 6.29 Å². The minimum absolute atomic E-state index is 0.0412. The zero-order chi connectivity index (χ0) is 12.0. The molecule has 0 amide bonds. The summed E-state index contributed by atoms with van der Waals surface area (Å²) in [6, 6.07) is 3.47. The molecule has 0 radical (unpaired) electrons. The lowest BCUT2D eigenvalue weighted by Gasteiger charge is -2.19. The predicted molar refractivity (Wildman–Crippen MR) is 50.5 cm³/mol. The van der Waals surface area contributed by atoms with Gasteiger partial charge in [0.25, 0.3) is 0 Å². The molecule has 2 nitrogen and oxygen atoms in total. The van der Waals surface area contributed by atoms with Gasteiger partial charge in [-0.15, -0.1) is 0 Å². The van der Waals surface area contributed by atoms with Gasteiger partial charge in [0, 0.05) is 0 Å². The summed E-state index contributed by atoms with van der Waals surface area (Å²) in [4.78, 5) is 10.5. The van der Waals surface area contributed by atoms with Crippen molar-refractivity contribution in [2.24, 2.45) is 0 Å². The van der Waals surface area contributed by atoms with Crippen molar-refractivity contribution in [1.82, 2.24) is 0 Å². The normalized spacial score (nSPS) is 18.2.